The lowest BCUT2D eigenvalue weighted by atomic mass is 10.2. The number of esters is 1. The summed E-state index contributed by atoms with van der Waals surface area (Å²) in [5, 5.41) is 0. The number of hydrogen-bond donors (Lipinski definition) is 0. The Morgan fingerprint density at radius 1 is 1.11 bits per heavy atom. The maximum absolute atomic E-state index is 11.7. The lowest BCUT2D eigenvalue weighted by Gasteiger charge is -2.12. The Hall–Kier alpha value is -1.55. The number of ether oxygens (including phenoxy) is 2. The molecule has 0 aliphatic carbocycles. The van der Waals surface area contributed by atoms with E-state index in [0.717, 1.165) is 31.7 Å². The summed E-state index contributed by atoms with van der Waals surface area (Å²) in [5.41, 5.74) is 1.66. The van der Waals surface area contributed by atoms with Crippen molar-refractivity contribution in [2.24, 2.45) is 0 Å². The van der Waals surface area contributed by atoms with Crippen LogP contribution in [0, 0.1) is 0 Å². The van der Waals surface area contributed by atoms with Gasteiger partial charge in [-0.1, -0.05) is 0 Å². The predicted molar refractivity (Wildman–Crippen MR) is 76.8 cm³/mol. The van der Waals surface area contributed by atoms with Gasteiger partial charge in [-0.25, -0.2) is 4.79 Å². The van der Waals surface area contributed by atoms with Crippen LogP contribution in [-0.4, -0.2) is 39.9 Å². The van der Waals surface area contributed by atoms with Crippen molar-refractivity contribution in [2.75, 3.05) is 38.8 Å². The van der Waals surface area contributed by atoms with Crippen molar-refractivity contribution >= 4 is 11.7 Å². The van der Waals surface area contributed by atoms with Crippen molar-refractivity contribution in [1.29, 1.82) is 0 Å². The van der Waals surface area contributed by atoms with E-state index in [1.807, 2.05) is 38.1 Å². The van der Waals surface area contributed by atoms with Crippen molar-refractivity contribution in [3.8, 4) is 0 Å². The molecule has 0 atom stereocenters. The van der Waals surface area contributed by atoms with Crippen LogP contribution in [0.4, 0.5) is 5.69 Å². The zero-order valence-electron chi connectivity index (χ0n) is 12.0. The summed E-state index contributed by atoms with van der Waals surface area (Å²) in [5.74, 6) is -0.262. The van der Waals surface area contributed by atoms with Crippen LogP contribution in [0.3, 0.4) is 0 Å². The van der Waals surface area contributed by atoms with Gasteiger partial charge in [0.25, 0.3) is 0 Å². The lowest BCUT2D eigenvalue weighted by molar-refractivity contribution is 0.0484. The van der Waals surface area contributed by atoms with Gasteiger partial charge in [-0.3, -0.25) is 0 Å². The molecule has 1 rings (SSSR count). The predicted octanol–water partition coefficient (Wildman–Crippen LogP) is 2.73. The molecule has 0 heterocycles. The highest BCUT2D eigenvalue weighted by Crippen LogP contribution is 2.13. The Labute approximate surface area is 115 Å². The third-order valence-corrected chi connectivity index (χ3v) is 2.74. The van der Waals surface area contributed by atoms with Crippen molar-refractivity contribution in [3.63, 3.8) is 0 Å². The summed E-state index contributed by atoms with van der Waals surface area (Å²) < 4.78 is 10.4. The van der Waals surface area contributed by atoms with Crippen molar-refractivity contribution in [3.05, 3.63) is 29.8 Å². The number of benzene rings is 1. The molecule has 0 spiro atoms. The van der Waals surface area contributed by atoms with Crippen LogP contribution in [0.2, 0.25) is 0 Å². The van der Waals surface area contributed by atoms with Crippen LogP contribution in [0.1, 0.15) is 30.1 Å². The molecule has 1 aromatic rings. The second-order valence-electron chi connectivity index (χ2n) is 4.48. The quantitative estimate of drug-likeness (QED) is 0.535. The van der Waals surface area contributed by atoms with E-state index in [4.69, 9.17) is 9.47 Å². The zero-order chi connectivity index (χ0) is 14.1. The summed E-state index contributed by atoms with van der Waals surface area (Å²) in [7, 11) is 3.93. The molecular formula is C15H23NO3. The fraction of sp³-hybridized carbons (Fsp3) is 0.533. The maximum atomic E-state index is 11.7. The molecule has 0 unspecified atom stereocenters. The molecule has 106 valence electrons. The molecule has 1 aromatic carbocycles. The molecule has 0 fully saturated rings. The van der Waals surface area contributed by atoms with Crippen molar-refractivity contribution < 1.29 is 14.3 Å². The van der Waals surface area contributed by atoms with Gasteiger partial charge in [-0.05, 0) is 44.0 Å². The minimum absolute atomic E-state index is 0.262. The molecule has 0 radical (unpaired) electrons. The monoisotopic (exact) mass is 265 g/mol. The summed E-state index contributed by atoms with van der Waals surface area (Å²) in [6.07, 6.45) is 1.75. The molecule has 0 bridgehead atoms. The average Bonchev–Trinajstić information content (AvgIpc) is 2.42. The third-order valence-electron chi connectivity index (χ3n) is 2.74. The average molecular weight is 265 g/mol. The summed E-state index contributed by atoms with van der Waals surface area (Å²) in [6, 6.07) is 7.40. The molecule has 0 N–H and O–H groups in total. The van der Waals surface area contributed by atoms with Gasteiger partial charge in [0.2, 0.25) is 0 Å². The van der Waals surface area contributed by atoms with Gasteiger partial charge in [-0.2, -0.15) is 0 Å². The molecule has 0 saturated heterocycles. The van der Waals surface area contributed by atoms with Gasteiger partial charge >= 0.3 is 5.97 Å². The van der Waals surface area contributed by atoms with Crippen molar-refractivity contribution in [1.82, 2.24) is 0 Å². The topological polar surface area (TPSA) is 38.8 Å². The van der Waals surface area contributed by atoms with Crippen LogP contribution in [0.25, 0.3) is 0 Å². The van der Waals surface area contributed by atoms with E-state index in [1.165, 1.54) is 0 Å². The highest BCUT2D eigenvalue weighted by molar-refractivity contribution is 5.89. The minimum Gasteiger partial charge on any atom is -0.462 e. The van der Waals surface area contributed by atoms with Gasteiger partial charge in [0, 0.05) is 33.0 Å². The largest absolute Gasteiger partial charge is 0.462 e. The van der Waals surface area contributed by atoms with E-state index in [-0.39, 0.29) is 5.97 Å². The second-order valence-corrected chi connectivity index (χ2v) is 4.48. The van der Waals surface area contributed by atoms with Crippen LogP contribution >= 0.6 is 0 Å². The van der Waals surface area contributed by atoms with Crippen LogP contribution in [0.5, 0.6) is 0 Å². The Morgan fingerprint density at radius 3 is 2.32 bits per heavy atom. The van der Waals surface area contributed by atoms with E-state index >= 15 is 0 Å². The first kappa shape index (κ1) is 15.5. The number of anilines is 1. The van der Waals surface area contributed by atoms with Gasteiger partial charge in [0.15, 0.2) is 0 Å². The first-order valence-electron chi connectivity index (χ1n) is 6.67. The van der Waals surface area contributed by atoms with E-state index in [0.29, 0.717) is 12.2 Å². The van der Waals surface area contributed by atoms with E-state index in [9.17, 15) is 4.79 Å². The minimum atomic E-state index is -0.262. The number of hydrogen-bond acceptors (Lipinski definition) is 4. The molecule has 0 aromatic heterocycles. The molecule has 0 saturated carbocycles. The van der Waals surface area contributed by atoms with Crippen LogP contribution in [-0.2, 0) is 9.47 Å². The zero-order valence-corrected chi connectivity index (χ0v) is 12.0. The summed E-state index contributed by atoms with van der Waals surface area (Å²) >= 11 is 0. The van der Waals surface area contributed by atoms with Gasteiger partial charge in [0.1, 0.15) is 0 Å². The number of rotatable bonds is 8. The summed E-state index contributed by atoms with van der Waals surface area (Å²) in [6.45, 7) is 3.88. The van der Waals surface area contributed by atoms with Gasteiger partial charge in [0.05, 0.1) is 12.2 Å². The number of carbonyl (C=O) groups excluding carboxylic acids is 1. The lowest BCUT2D eigenvalue weighted by Crippen LogP contribution is -2.10. The maximum Gasteiger partial charge on any atom is 0.338 e. The fourth-order valence-electron chi connectivity index (χ4n) is 1.59. The standard InChI is InChI=1S/C15H23NO3/c1-4-18-11-5-6-12-19-15(17)13-7-9-14(10-8-13)16(2)3/h7-10H,4-6,11-12H2,1-3H3. The highest BCUT2D eigenvalue weighted by atomic mass is 16.5. The smallest absolute Gasteiger partial charge is 0.338 e. The SMILES string of the molecule is CCOCCCCOC(=O)c1ccc(N(C)C)cc1. The Kier molecular flexibility index (Phi) is 6.97. The van der Waals surface area contributed by atoms with Crippen LogP contribution in [0.15, 0.2) is 24.3 Å². The number of unbranched alkanes of at least 4 members (excludes halogenated alkanes) is 1. The Bertz CT molecular complexity index is 373. The van der Waals surface area contributed by atoms with Gasteiger partial charge in [-0.15, -0.1) is 0 Å². The first-order chi connectivity index (χ1) is 9.15. The molecule has 19 heavy (non-hydrogen) atoms. The van der Waals surface area contributed by atoms with Crippen molar-refractivity contribution in [2.45, 2.75) is 19.8 Å². The molecular weight excluding hydrogens is 242 g/mol. The molecule has 0 amide bonds. The molecule has 4 heteroatoms. The Balaban J connectivity index is 2.29. The Morgan fingerprint density at radius 2 is 1.74 bits per heavy atom. The van der Waals surface area contributed by atoms with Crippen LogP contribution < -0.4 is 4.90 Å². The highest BCUT2D eigenvalue weighted by Gasteiger charge is 2.06. The first-order valence-corrected chi connectivity index (χ1v) is 6.67. The second kappa shape index (κ2) is 8.53. The molecule has 0 aliphatic rings. The molecule has 0 aliphatic heterocycles. The number of carbonyl (C=O) groups is 1. The summed E-state index contributed by atoms with van der Waals surface area (Å²) in [4.78, 5) is 13.7. The number of nitrogens with zero attached hydrogens (tertiary/aromatic N) is 1. The van der Waals surface area contributed by atoms with E-state index < -0.39 is 0 Å². The van der Waals surface area contributed by atoms with E-state index in [2.05, 4.69) is 0 Å². The third kappa shape index (κ3) is 5.75. The van der Waals surface area contributed by atoms with E-state index in [1.54, 1.807) is 12.1 Å². The fourth-order valence-corrected chi connectivity index (χ4v) is 1.59. The molecule has 4 nitrogen and oxygen atoms in total. The normalized spacial score (nSPS) is 10.3. The van der Waals surface area contributed by atoms with Gasteiger partial charge < -0.3 is 14.4 Å².